The molecule has 0 radical (unpaired) electrons. The molecule has 0 atom stereocenters. The summed E-state index contributed by atoms with van der Waals surface area (Å²) >= 11 is 1.42. The van der Waals surface area contributed by atoms with Crippen LogP contribution in [0.3, 0.4) is 0 Å². The van der Waals surface area contributed by atoms with Gasteiger partial charge in [0, 0.05) is 11.9 Å². The number of rotatable bonds is 5. The Balaban J connectivity index is 2.19. The maximum Gasteiger partial charge on any atom is 0.449 e. The third-order valence-electron chi connectivity index (χ3n) is 3.14. The lowest BCUT2D eigenvalue weighted by molar-refractivity contribution is -0.153. The summed E-state index contributed by atoms with van der Waals surface area (Å²) < 4.78 is 42.4. The quantitative estimate of drug-likeness (QED) is 0.499. The van der Waals surface area contributed by atoms with E-state index in [1.54, 1.807) is 7.05 Å². The van der Waals surface area contributed by atoms with Gasteiger partial charge in [0.1, 0.15) is 5.76 Å². The van der Waals surface area contributed by atoms with Crippen molar-refractivity contribution in [2.45, 2.75) is 30.2 Å². The summed E-state index contributed by atoms with van der Waals surface area (Å²) in [6.45, 7) is 2.02. The smallest absolute Gasteiger partial charge is 0.449 e. The predicted octanol–water partition coefficient (Wildman–Crippen LogP) is 4.46. The van der Waals surface area contributed by atoms with Crippen LogP contribution in [0.25, 0.3) is 0 Å². The number of benzene rings is 1. The van der Waals surface area contributed by atoms with E-state index in [0.29, 0.717) is 5.75 Å². The molecule has 22 heavy (non-hydrogen) atoms. The third-order valence-corrected chi connectivity index (χ3v) is 4.33. The van der Waals surface area contributed by atoms with Crippen molar-refractivity contribution in [3.05, 3.63) is 47.4 Å². The number of nitrogens with zero attached hydrogens (tertiary/aromatic N) is 1. The second kappa shape index (κ2) is 6.66. The van der Waals surface area contributed by atoms with Gasteiger partial charge in [-0.1, -0.05) is 19.1 Å². The molecular weight excluding hydrogens is 313 g/mol. The topological polar surface area (TPSA) is 42.4 Å². The average molecular weight is 330 g/mol. The fourth-order valence-electron chi connectivity index (χ4n) is 2.05. The van der Waals surface area contributed by atoms with E-state index in [9.17, 15) is 13.2 Å². The fraction of sp³-hybridized carbons (Fsp3) is 0.333. The van der Waals surface area contributed by atoms with Gasteiger partial charge in [-0.05, 0) is 30.2 Å². The zero-order chi connectivity index (χ0) is 16.3. The van der Waals surface area contributed by atoms with Crippen LogP contribution >= 0.6 is 11.8 Å². The second-order valence-corrected chi connectivity index (χ2v) is 5.77. The van der Waals surface area contributed by atoms with Crippen LogP contribution in [0.5, 0.6) is 0 Å². The van der Waals surface area contributed by atoms with E-state index in [0.717, 1.165) is 28.6 Å². The summed E-state index contributed by atoms with van der Waals surface area (Å²) in [6.07, 6.45) is -3.64. The Hall–Kier alpha value is -1.60. The number of anilines is 1. The van der Waals surface area contributed by atoms with Gasteiger partial charge in [0.15, 0.2) is 0 Å². The molecule has 1 heterocycles. The molecule has 3 nitrogen and oxygen atoms in total. The molecule has 1 aromatic heterocycles. The molecule has 0 aliphatic rings. The first kappa shape index (κ1) is 16.8. The minimum Gasteiger partial charge on any atom is -0.456 e. The van der Waals surface area contributed by atoms with Crippen LogP contribution in [0.1, 0.15) is 24.0 Å². The van der Waals surface area contributed by atoms with Crippen LogP contribution in [0.4, 0.5) is 18.9 Å². The maximum absolute atomic E-state index is 12.5. The Labute approximate surface area is 131 Å². The summed E-state index contributed by atoms with van der Waals surface area (Å²) in [5.41, 5.74) is 1.94. The van der Waals surface area contributed by atoms with Crippen molar-refractivity contribution in [2.24, 2.45) is 5.84 Å². The summed E-state index contributed by atoms with van der Waals surface area (Å²) in [5.74, 6) is 5.45. The lowest BCUT2D eigenvalue weighted by atomic mass is 10.1. The minimum atomic E-state index is -4.45. The Morgan fingerprint density at radius 2 is 1.95 bits per heavy atom. The Bertz CT molecular complexity index is 638. The largest absolute Gasteiger partial charge is 0.456 e. The van der Waals surface area contributed by atoms with E-state index in [-0.39, 0.29) is 5.76 Å². The van der Waals surface area contributed by atoms with Gasteiger partial charge in [0.2, 0.25) is 5.76 Å². The molecule has 1 aromatic carbocycles. The number of hydrogen-bond acceptors (Lipinski definition) is 4. The molecule has 2 N–H and O–H groups in total. The second-order valence-electron chi connectivity index (χ2n) is 4.78. The molecule has 0 fully saturated rings. The van der Waals surface area contributed by atoms with Gasteiger partial charge in [-0.3, -0.25) is 0 Å². The highest BCUT2D eigenvalue weighted by molar-refractivity contribution is 7.98. The average Bonchev–Trinajstić information content (AvgIpc) is 2.93. The van der Waals surface area contributed by atoms with Crippen LogP contribution < -0.4 is 10.9 Å². The van der Waals surface area contributed by atoms with Crippen molar-refractivity contribution >= 4 is 17.4 Å². The van der Waals surface area contributed by atoms with Crippen molar-refractivity contribution in [1.82, 2.24) is 0 Å². The standard InChI is InChI=1S/C15H17F3N2OS/c1-3-10-5-4-6-12(20(2)19)14(10)22-9-11-7-8-13(21-11)15(16,17)18/h4-8H,3,9,19H2,1-2H3. The fourth-order valence-corrected chi connectivity index (χ4v) is 3.24. The van der Waals surface area contributed by atoms with Crippen molar-refractivity contribution in [3.63, 3.8) is 0 Å². The van der Waals surface area contributed by atoms with Crippen molar-refractivity contribution in [1.29, 1.82) is 0 Å². The van der Waals surface area contributed by atoms with Gasteiger partial charge in [0.25, 0.3) is 0 Å². The first-order chi connectivity index (χ1) is 10.3. The molecule has 0 aliphatic heterocycles. The van der Waals surface area contributed by atoms with E-state index < -0.39 is 11.9 Å². The number of alkyl halides is 3. The molecule has 0 unspecified atom stereocenters. The number of nitrogens with two attached hydrogens (primary N) is 1. The Kier molecular flexibility index (Phi) is 5.08. The highest BCUT2D eigenvalue weighted by atomic mass is 32.2. The van der Waals surface area contributed by atoms with Gasteiger partial charge < -0.3 is 9.43 Å². The molecule has 2 rings (SSSR count). The summed E-state index contributed by atoms with van der Waals surface area (Å²) in [6, 6.07) is 8.09. The summed E-state index contributed by atoms with van der Waals surface area (Å²) in [5, 5.41) is 1.50. The monoisotopic (exact) mass is 330 g/mol. The van der Waals surface area contributed by atoms with Gasteiger partial charge in [-0.25, -0.2) is 5.84 Å². The number of hydrogen-bond donors (Lipinski definition) is 1. The van der Waals surface area contributed by atoms with Crippen molar-refractivity contribution in [2.75, 3.05) is 12.1 Å². The molecule has 0 saturated carbocycles. The molecule has 0 spiro atoms. The number of thioether (sulfide) groups is 1. The van der Waals surface area contributed by atoms with Gasteiger partial charge in [-0.2, -0.15) is 13.2 Å². The summed E-state index contributed by atoms with van der Waals surface area (Å²) in [4.78, 5) is 0.958. The lowest BCUT2D eigenvalue weighted by Crippen LogP contribution is -2.25. The normalized spacial score (nSPS) is 11.7. The van der Waals surface area contributed by atoms with E-state index in [4.69, 9.17) is 10.3 Å². The zero-order valence-electron chi connectivity index (χ0n) is 12.3. The lowest BCUT2D eigenvalue weighted by Gasteiger charge is -2.19. The van der Waals surface area contributed by atoms with E-state index in [2.05, 4.69) is 0 Å². The maximum atomic E-state index is 12.5. The van der Waals surface area contributed by atoms with Crippen LogP contribution in [0.15, 0.2) is 39.6 Å². The number of hydrazine groups is 1. The van der Waals surface area contributed by atoms with Gasteiger partial charge in [-0.15, -0.1) is 11.8 Å². The first-order valence-electron chi connectivity index (χ1n) is 6.72. The van der Waals surface area contributed by atoms with Gasteiger partial charge >= 0.3 is 6.18 Å². The van der Waals surface area contributed by atoms with Crippen molar-refractivity contribution < 1.29 is 17.6 Å². The zero-order valence-corrected chi connectivity index (χ0v) is 13.1. The predicted molar refractivity (Wildman–Crippen MR) is 81.7 cm³/mol. The van der Waals surface area contributed by atoms with E-state index >= 15 is 0 Å². The molecule has 0 saturated heterocycles. The number of halogens is 3. The van der Waals surface area contributed by atoms with Crippen molar-refractivity contribution in [3.8, 4) is 0 Å². The van der Waals surface area contributed by atoms with Gasteiger partial charge in [0.05, 0.1) is 11.4 Å². The summed E-state index contributed by atoms with van der Waals surface area (Å²) in [7, 11) is 1.73. The molecule has 120 valence electrons. The molecule has 0 aliphatic carbocycles. The molecule has 2 aromatic rings. The highest BCUT2D eigenvalue weighted by Crippen LogP contribution is 2.36. The number of furan rings is 1. The van der Waals surface area contributed by atoms with Crippen LogP contribution in [-0.4, -0.2) is 7.05 Å². The molecule has 7 heteroatoms. The Morgan fingerprint density at radius 3 is 2.50 bits per heavy atom. The van der Waals surface area contributed by atoms with Crippen LogP contribution in [0.2, 0.25) is 0 Å². The van der Waals surface area contributed by atoms with E-state index in [1.165, 1.54) is 22.8 Å². The minimum absolute atomic E-state index is 0.286. The molecule has 0 bridgehead atoms. The number of aryl methyl sites for hydroxylation is 1. The molecular formula is C15H17F3N2OS. The molecule has 0 amide bonds. The van der Waals surface area contributed by atoms with E-state index in [1.807, 2.05) is 25.1 Å². The SMILES string of the molecule is CCc1cccc(N(C)N)c1SCc1ccc(C(F)(F)F)o1. The van der Waals surface area contributed by atoms with Crippen LogP contribution in [-0.2, 0) is 18.3 Å². The first-order valence-corrected chi connectivity index (χ1v) is 7.70. The highest BCUT2D eigenvalue weighted by Gasteiger charge is 2.34. The van der Waals surface area contributed by atoms with Crippen LogP contribution in [0, 0.1) is 0 Å². The Morgan fingerprint density at radius 1 is 1.23 bits per heavy atom. The third kappa shape index (κ3) is 3.78.